The molecule has 3 aliphatic heterocycles. The molecule has 1 spiro atoms. The molecule has 3 heterocycles. The molecule has 1 fully saturated rings. The standard InChI is InChI=1S/C34H34N2O5/c1-19-11-14-25-20(17-19)12-16-27-34(23-9-7-8-10-24(23)35-32(34)39)28(29(36(25)27)31(38)33(2,3)4)30(37)22-18-21(40-5)13-15-26(22)41-6/h7-18,27-29H,1-6H3,(H,35,39)/t27-,28+,29-,34+/m1/s1. The van der Waals surface area contributed by atoms with Crippen LogP contribution in [0.5, 0.6) is 11.5 Å². The van der Waals surface area contributed by atoms with Crippen molar-refractivity contribution < 1.29 is 23.9 Å². The number of ketones is 2. The van der Waals surface area contributed by atoms with Crippen LogP contribution in [0.15, 0.2) is 66.7 Å². The molecule has 3 aromatic carbocycles. The number of anilines is 2. The molecule has 7 heteroatoms. The number of rotatable bonds is 5. The maximum absolute atomic E-state index is 15.0. The van der Waals surface area contributed by atoms with E-state index in [0.29, 0.717) is 22.7 Å². The van der Waals surface area contributed by atoms with Crippen molar-refractivity contribution in [2.75, 3.05) is 24.4 Å². The Hall–Kier alpha value is -4.39. The quantitative estimate of drug-likeness (QED) is 0.417. The van der Waals surface area contributed by atoms with Gasteiger partial charge < -0.3 is 19.7 Å². The highest BCUT2D eigenvalue weighted by Gasteiger charge is 2.71. The minimum Gasteiger partial charge on any atom is -0.497 e. The summed E-state index contributed by atoms with van der Waals surface area (Å²) in [6.45, 7) is 7.61. The number of benzene rings is 3. The summed E-state index contributed by atoms with van der Waals surface area (Å²) in [5.74, 6) is -0.963. The number of fused-ring (bicyclic) bond motifs is 6. The lowest BCUT2D eigenvalue weighted by molar-refractivity contribution is -0.128. The van der Waals surface area contributed by atoms with E-state index in [2.05, 4.69) is 11.4 Å². The van der Waals surface area contributed by atoms with Crippen molar-refractivity contribution in [3.8, 4) is 11.5 Å². The molecule has 0 saturated carbocycles. The van der Waals surface area contributed by atoms with Gasteiger partial charge in [0.05, 0.1) is 31.7 Å². The second-order valence-electron chi connectivity index (χ2n) is 12.1. The van der Waals surface area contributed by atoms with E-state index in [1.807, 2.05) is 81.1 Å². The summed E-state index contributed by atoms with van der Waals surface area (Å²) in [6, 6.07) is 17.1. The van der Waals surface area contributed by atoms with Crippen LogP contribution in [0.1, 0.15) is 47.8 Å². The lowest BCUT2D eigenvalue weighted by Gasteiger charge is -2.38. The fourth-order valence-electron chi connectivity index (χ4n) is 6.92. The normalized spacial score (nSPS) is 24.0. The van der Waals surface area contributed by atoms with Gasteiger partial charge in [-0.05, 0) is 54.4 Å². The molecular weight excluding hydrogens is 516 g/mol. The van der Waals surface area contributed by atoms with Crippen LogP contribution in [0.25, 0.3) is 6.08 Å². The lowest BCUT2D eigenvalue weighted by Crippen LogP contribution is -2.51. The molecule has 1 saturated heterocycles. The van der Waals surface area contributed by atoms with E-state index in [1.165, 1.54) is 14.2 Å². The summed E-state index contributed by atoms with van der Waals surface area (Å²) in [5, 5.41) is 3.06. The summed E-state index contributed by atoms with van der Waals surface area (Å²) in [6.07, 6.45) is 4.00. The molecule has 0 aliphatic carbocycles. The van der Waals surface area contributed by atoms with E-state index >= 15 is 4.79 Å². The molecule has 1 amide bonds. The van der Waals surface area contributed by atoms with Gasteiger partial charge in [-0.2, -0.15) is 0 Å². The van der Waals surface area contributed by atoms with Gasteiger partial charge in [-0.25, -0.2) is 0 Å². The number of nitrogens with zero attached hydrogens (tertiary/aromatic N) is 1. The number of carbonyl (C=O) groups excluding carboxylic acids is 3. The Balaban J connectivity index is 1.70. The van der Waals surface area contributed by atoms with Gasteiger partial charge in [-0.15, -0.1) is 0 Å². The number of carbonyl (C=O) groups is 3. The first kappa shape index (κ1) is 26.8. The third-order valence-corrected chi connectivity index (χ3v) is 8.75. The maximum atomic E-state index is 15.0. The number of hydrogen-bond donors (Lipinski definition) is 1. The van der Waals surface area contributed by atoms with E-state index < -0.39 is 28.8 Å². The minimum atomic E-state index is -1.37. The SMILES string of the molecule is COc1ccc(OC)c(C(=O)[C@@H]2[C@H](C(=O)C(C)(C)C)N3c4ccc(C)cc4C=C[C@@H]3[C@]23C(=O)Nc2ccccc23)c1. The van der Waals surface area contributed by atoms with Gasteiger partial charge in [0.25, 0.3) is 0 Å². The van der Waals surface area contributed by atoms with Crippen molar-refractivity contribution in [2.24, 2.45) is 11.3 Å². The smallest absolute Gasteiger partial charge is 0.238 e. The van der Waals surface area contributed by atoms with Crippen LogP contribution in [0, 0.1) is 18.3 Å². The van der Waals surface area contributed by atoms with Gasteiger partial charge in [-0.1, -0.05) is 62.8 Å². The number of methoxy groups -OCH3 is 2. The molecule has 6 rings (SSSR count). The molecule has 1 N–H and O–H groups in total. The predicted molar refractivity (Wildman–Crippen MR) is 159 cm³/mol. The average Bonchev–Trinajstić information content (AvgIpc) is 3.43. The number of aryl methyl sites for hydroxylation is 1. The Kier molecular flexibility index (Phi) is 6.10. The third-order valence-electron chi connectivity index (χ3n) is 8.75. The summed E-state index contributed by atoms with van der Waals surface area (Å²) in [5.41, 5.74) is 2.33. The highest BCUT2D eigenvalue weighted by molar-refractivity contribution is 6.17. The Labute approximate surface area is 240 Å². The zero-order valence-electron chi connectivity index (χ0n) is 24.1. The van der Waals surface area contributed by atoms with Gasteiger partial charge >= 0.3 is 0 Å². The number of ether oxygens (including phenoxy) is 2. The van der Waals surface area contributed by atoms with Crippen molar-refractivity contribution in [3.63, 3.8) is 0 Å². The summed E-state index contributed by atoms with van der Waals surface area (Å²) < 4.78 is 11.1. The average molecular weight is 551 g/mol. The molecule has 41 heavy (non-hydrogen) atoms. The zero-order valence-corrected chi connectivity index (χ0v) is 24.1. The molecule has 0 unspecified atom stereocenters. The Morgan fingerprint density at radius 2 is 1.73 bits per heavy atom. The van der Waals surface area contributed by atoms with Crippen LogP contribution < -0.4 is 19.7 Å². The van der Waals surface area contributed by atoms with E-state index in [1.54, 1.807) is 18.2 Å². The van der Waals surface area contributed by atoms with Crippen LogP contribution in [0.2, 0.25) is 0 Å². The van der Waals surface area contributed by atoms with E-state index in [-0.39, 0.29) is 23.0 Å². The lowest BCUT2D eigenvalue weighted by atomic mass is 9.63. The Bertz CT molecular complexity index is 1630. The maximum Gasteiger partial charge on any atom is 0.238 e. The first-order valence-corrected chi connectivity index (χ1v) is 13.8. The number of nitrogens with one attached hydrogen (secondary N) is 1. The predicted octanol–water partition coefficient (Wildman–Crippen LogP) is 5.60. The molecule has 0 bridgehead atoms. The van der Waals surface area contributed by atoms with Crippen molar-refractivity contribution in [2.45, 2.75) is 45.2 Å². The van der Waals surface area contributed by atoms with Crippen molar-refractivity contribution in [3.05, 3.63) is 89.0 Å². The number of hydrogen-bond acceptors (Lipinski definition) is 6. The number of Topliss-reactive ketones (excluding diaryl/α,β-unsaturated/α-hetero) is 2. The minimum absolute atomic E-state index is 0.112. The highest BCUT2D eigenvalue weighted by atomic mass is 16.5. The molecular formula is C34H34N2O5. The fraction of sp³-hybridized carbons (Fsp3) is 0.324. The highest BCUT2D eigenvalue weighted by Crippen LogP contribution is 2.58. The first-order valence-electron chi connectivity index (χ1n) is 13.8. The fourth-order valence-corrected chi connectivity index (χ4v) is 6.92. The summed E-state index contributed by atoms with van der Waals surface area (Å²) >= 11 is 0. The van der Waals surface area contributed by atoms with Crippen molar-refractivity contribution in [1.29, 1.82) is 0 Å². The van der Waals surface area contributed by atoms with E-state index in [0.717, 1.165) is 16.8 Å². The molecule has 7 nitrogen and oxygen atoms in total. The van der Waals surface area contributed by atoms with Crippen molar-refractivity contribution >= 4 is 34.9 Å². The van der Waals surface area contributed by atoms with E-state index in [4.69, 9.17) is 9.47 Å². The molecule has 4 atom stereocenters. The van der Waals surface area contributed by atoms with Crippen LogP contribution in [-0.4, -0.2) is 43.8 Å². The summed E-state index contributed by atoms with van der Waals surface area (Å²) in [4.78, 5) is 46.1. The van der Waals surface area contributed by atoms with Gasteiger partial charge in [-0.3, -0.25) is 14.4 Å². The van der Waals surface area contributed by atoms with Gasteiger partial charge in [0, 0.05) is 16.8 Å². The van der Waals surface area contributed by atoms with Gasteiger partial charge in [0.1, 0.15) is 23.0 Å². The van der Waals surface area contributed by atoms with Crippen LogP contribution in [-0.2, 0) is 15.0 Å². The number of amides is 1. The molecule has 210 valence electrons. The van der Waals surface area contributed by atoms with Crippen LogP contribution in [0.3, 0.4) is 0 Å². The topological polar surface area (TPSA) is 84.9 Å². The van der Waals surface area contributed by atoms with Crippen molar-refractivity contribution in [1.82, 2.24) is 0 Å². The number of para-hydroxylation sites is 1. The third kappa shape index (κ3) is 3.75. The zero-order chi connectivity index (χ0) is 29.3. The largest absolute Gasteiger partial charge is 0.497 e. The van der Waals surface area contributed by atoms with Gasteiger partial charge in [0.15, 0.2) is 11.6 Å². The monoisotopic (exact) mass is 550 g/mol. The molecule has 3 aromatic rings. The first-order chi connectivity index (χ1) is 19.5. The summed E-state index contributed by atoms with van der Waals surface area (Å²) in [7, 11) is 3.03. The Morgan fingerprint density at radius 1 is 0.976 bits per heavy atom. The van der Waals surface area contributed by atoms with Crippen LogP contribution >= 0.6 is 0 Å². The molecule has 0 radical (unpaired) electrons. The second-order valence-corrected chi connectivity index (χ2v) is 12.1. The van der Waals surface area contributed by atoms with E-state index in [9.17, 15) is 9.59 Å². The Morgan fingerprint density at radius 3 is 2.44 bits per heavy atom. The van der Waals surface area contributed by atoms with Crippen LogP contribution in [0.4, 0.5) is 11.4 Å². The molecule has 0 aromatic heterocycles. The van der Waals surface area contributed by atoms with Gasteiger partial charge in [0.2, 0.25) is 5.91 Å². The second kappa shape index (κ2) is 9.33. The molecule has 3 aliphatic rings.